The Bertz CT molecular complexity index is 73.5. The highest BCUT2D eigenvalue weighted by molar-refractivity contribution is 6.72. The minimum Gasteiger partial charge on any atom is -0.416 e. The molecule has 1 unspecified atom stereocenters. The van der Waals surface area contributed by atoms with E-state index < -0.39 is 8.32 Å². The van der Waals surface area contributed by atoms with Crippen molar-refractivity contribution in [2.45, 2.75) is 26.4 Å². The molecule has 2 N–H and O–H groups in total. The zero-order valence-corrected chi connectivity index (χ0v) is 7.61. The molecule has 0 aliphatic rings. The van der Waals surface area contributed by atoms with Gasteiger partial charge in [-0.05, 0) is 19.5 Å². The number of hydrogen-bond donors (Lipinski definition) is 1. The van der Waals surface area contributed by atoms with Crippen LogP contribution in [0, 0.1) is 0 Å². The average molecular weight is 147 g/mol. The van der Waals surface area contributed by atoms with Gasteiger partial charge < -0.3 is 10.2 Å². The first-order valence-corrected chi connectivity index (χ1v) is 6.34. The van der Waals surface area contributed by atoms with Crippen LogP contribution < -0.4 is 5.73 Å². The molecule has 0 saturated carbocycles. The SMILES string of the molecule is CCO[Si](C)(CC)CN. The lowest BCUT2D eigenvalue weighted by Crippen LogP contribution is -2.42. The monoisotopic (exact) mass is 147 g/mol. The van der Waals surface area contributed by atoms with Gasteiger partial charge in [0.2, 0.25) is 8.32 Å². The van der Waals surface area contributed by atoms with Gasteiger partial charge in [0.25, 0.3) is 0 Å². The van der Waals surface area contributed by atoms with E-state index in [0.29, 0.717) is 0 Å². The highest BCUT2D eigenvalue weighted by Gasteiger charge is 2.23. The highest BCUT2D eigenvalue weighted by Crippen LogP contribution is 2.07. The molecule has 0 aromatic heterocycles. The second kappa shape index (κ2) is 4.03. The van der Waals surface area contributed by atoms with Crippen LogP contribution in [-0.2, 0) is 4.43 Å². The fourth-order valence-corrected chi connectivity index (χ4v) is 1.96. The second-order valence-corrected chi connectivity index (χ2v) is 6.74. The van der Waals surface area contributed by atoms with Gasteiger partial charge in [-0.2, -0.15) is 0 Å². The van der Waals surface area contributed by atoms with Crippen molar-refractivity contribution in [1.29, 1.82) is 0 Å². The Morgan fingerprint density at radius 2 is 2.00 bits per heavy atom. The van der Waals surface area contributed by atoms with Gasteiger partial charge >= 0.3 is 0 Å². The topological polar surface area (TPSA) is 35.2 Å². The van der Waals surface area contributed by atoms with Crippen LogP contribution in [0.2, 0.25) is 12.6 Å². The Balaban J connectivity index is 3.62. The standard InChI is InChI=1S/C6H17NOSi/c1-4-8-9(3,5-2)6-7/h4-7H2,1-3H3. The Morgan fingerprint density at radius 1 is 1.44 bits per heavy atom. The molecule has 0 bridgehead atoms. The quantitative estimate of drug-likeness (QED) is 0.605. The van der Waals surface area contributed by atoms with Crippen molar-refractivity contribution in [2.24, 2.45) is 5.73 Å². The molecule has 0 radical (unpaired) electrons. The summed E-state index contributed by atoms with van der Waals surface area (Å²) in [6, 6.07) is 1.12. The highest BCUT2D eigenvalue weighted by atomic mass is 28.4. The zero-order chi connectivity index (χ0) is 7.33. The van der Waals surface area contributed by atoms with Crippen LogP contribution in [0.1, 0.15) is 13.8 Å². The molecule has 0 aliphatic heterocycles. The predicted molar refractivity (Wildman–Crippen MR) is 42.8 cm³/mol. The molecule has 0 aliphatic carbocycles. The van der Waals surface area contributed by atoms with E-state index in [2.05, 4.69) is 13.5 Å². The molecule has 3 heteroatoms. The first-order valence-electron chi connectivity index (χ1n) is 3.52. The zero-order valence-electron chi connectivity index (χ0n) is 6.61. The second-order valence-electron chi connectivity index (χ2n) is 2.44. The maximum absolute atomic E-state index is 5.54. The van der Waals surface area contributed by atoms with E-state index in [1.807, 2.05) is 6.92 Å². The van der Waals surface area contributed by atoms with Crippen LogP contribution in [-0.4, -0.2) is 21.1 Å². The molecule has 56 valence electrons. The lowest BCUT2D eigenvalue weighted by molar-refractivity contribution is 0.325. The van der Waals surface area contributed by atoms with Gasteiger partial charge in [-0.1, -0.05) is 6.92 Å². The maximum atomic E-state index is 5.54. The summed E-state index contributed by atoms with van der Waals surface area (Å²) < 4.78 is 5.54. The fraction of sp³-hybridized carbons (Fsp3) is 1.00. The summed E-state index contributed by atoms with van der Waals surface area (Å²) >= 11 is 0. The molecule has 0 amide bonds. The summed E-state index contributed by atoms with van der Waals surface area (Å²) in [5.41, 5.74) is 5.54. The molecule has 0 saturated heterocycles. The van der Waals surface area contributed by atoms with Crippen molar-refractivity contribution < 1.29 is 4.43 Å². The molecule has 0 spiro atoms. The van der Waals surface area contributed by atoms with Crippen molar-refractivity contribution in [3.8, 4) is 0 Å². The third-order valence-corrected chi connectivity index (χ3v) is 5.02. The van der Waals surface area contributed by atoms with Crippen LogP contribution in [0.15, 0.2) is 0 Å². The fourth-order valence-electron chi connectivity index (χ4n) is 0.654. The Hall–Kier alpha value is 0.137. The van der Waals surface area contributed by atoms with E-state index in [0.717, 1.165) is 18.8 Å². The third kappa shape index (κ3) is 2.98. The van der Waals surface area contributed by atoms with Crippen molar-refractivity contribution in [1.82, 2.24) is 0 Å². The molecular weight excluding hydrogens is 130 g/mol. The van der Waals surface area contributed by atoms with Gasteiger partial charge in [-0.25, -0.2) is 0 Å². The lowest BCUT2D eigenvalue weighted by atomic mass is 10.9. The van der Waals surface area contributed by atoms with E-state index in [4.69, 9.17) is 10.2 Å². The molecular formula is C6H17NOSi. The minimum atomic E-state index is -1.42. The predicted octanol–water partition coefficient (Wildman–Crippen LogP) is 1.12. The van der Waals surface area contributed by atoms with Crippen molar-refractivity contribution >= 4 is 8.32 Å². The van der Waals surface area contributed by atoms with E-state index in [-0.39, 0.29) is 0 Å². The summed E-state index contributed by atoms with van der Waals surface area (Å²) in [7, 11) is -1.42. The Labute approximate surface area is 58.5 Å². The Morgan fingerprint density at radius 3 is 2.11 bits per heavy atom. The third-order valence-electron chi connectivity index (χ3n) is 1.67. The molecule has 2 nitrogen and oxygen atoms in total. The van der Waals surface area contributed by atoms with Crippen LogP contribution in [0.3, 0.4) is 0 Å². The van der Waals surface area contributed by atoms with E-state index in [1.165, 1.54) is 0 Å². The molecule has 1 atom stereocenters. The normalized spacial score (nSPS) is 17.3. The van der Waals surface area contributed by atoms with Crippen molar-refractivity contribution in [3.63, 3.8) is 0 Å². The number of nitrogens with two attached hydrogens (primary N) is 1. The number of rotatable bonds is 4. The Kier molecular flexibility index (Phi) is 4.09. The molecule has 0 aromatic carbocycles. The van der Waals surface area contributed by atoms with Gasteiger partial charge in [0.1, 0.15) is 0 Å². The molecule has 0 rings (SSSR count). The van der Waals surface area contributed by atoms with Gasteiger partial charge in [-0.15, -0.1) is 0 Å². The summed E-state index contributed by atoms with van der Waals surface area (Å²) in [6.07, 6.45) is 0.747. The van der Waals surface area contributed by atoms with E-state index in [1.54, 1.807) is 0 Å². The summed E-state index contributed by atoms with van der Waals surface area (Å²) in [5.74, 6) is 0. The van der Waals surface area contributed by atoms with Crippen LogP contribution >= 0.6 is 0 Å². The maximum Gasteiger partial charge on any atom is 0.202 e. The minimum absolute atomic E-state index is 0.747. The molecule has 0 fully saturated rings. The first kappa shape index (κ1) is 9.14. The van der Waals surface area contributed by atoms with Crippen molar-refractivity contribution in [2.75, 3.05) is 12.8 Å². The average Bonchev–Trinajstić information content (AvgIpc) is 1.89. The van der Waals surface area contributed by atoms with Crippen LogP contribution in [0.5, 0.6) is 0 Å². The number of hydrogen-bond acceptors (Lipinski definition) is 2. The largest absolute Gasteiger partial charge is 0.416 e. The molecule has 9 heavy (non-hydrogen) atoms. The lowest BCUT2D eigenvalue weighted by Gasteiger charge is -2.22. The van der Waals surface area contributed by atoms with Gasteiger partial charge in [0.15, 0.2) is 0 Å². The summed E-state index contributed by atoms with van der Waals surface area (Å²) in [4.78, 5) is 0. The molecule has 0 aromatic rings. The van der Waals surface area contributed by atoms with Crippen LogP contribution in [0.4, 0.5) is 0 Å². The smallest absolute Gasteiger partial charge is 0.202 e. The van der Waals surface area contributed by atoms with Gasteiger partial charge in [0.05, 0.1) is 0 Å². The first-order chi connectivity index (χ1) is 4.18. The molecule has 0 heterocycles. The summed E-state index contributed by atoms with van der Waals surface area (Å²) in [6.45, 7) is 7.16. The summed E-state index contributed by atoms with van der Waals surface area (Å²) in [5, 5.41) is 0. The van der Waals surface area contributed by atoms with Crippen molar-refractivity contribution in [3.05, 3.63) is 0 Å². The van der Waals surface area contributed by atoms with Gasteiger partial charge in [-0.3, -0.25) is 0 Å². The van der Waals surface area contributed by atoms with E-state index in [9.17, 15) is 0 Å². The van der Waals surface area contributed by atoms with Crippen LogP contribution in [0.25, 0.3) is 0 Å². The van der Waals surface area contributed by atoms with Gasteiger partial charge in [0, 0.05) is 12.8 Å². The van der Waals surface area contributed by atoms with E-state index >= 15 is 0 Å².